The normalized spacial score (nSPS) is 19.0. The molecule has 0 amide bonds. The predicted molar refractivity (Wildman–Crippen MR) is 120 cm³/mol. The summed E-state index contributed by atoms with van der Waals surface area (Å²) < 4.78 is 6.88. The number of fused-ring (bicyclic) bond motifs is 1. The van der Waals surface area contributed by atoms with E-state index in [1.165, 1.54) is 27.1 Å². The summed E-state index contributed by atoms with van der Waals surface area (Å²) in [6.07, 6.45) is 1.81. The van der Waals surface area contributed by atoms with Crippen LogP contribution in [0, 0.1) is 0 Å². The number of aryl methyl sites for hydroxylation is 1. The molecule has 0 spiro atoms. The van der Waals surface area contributed by atoms with Crippen LogP contribution in [0.5, 0.6) is 0 Å². The summed E-state index contributed by atoms with van der Waals surface area (Å²) in [5.41, 5.74) is 10.1. The molecule has 4 rings (SSSR count). The number of rotatable bonds is 4. The standard InChI is InChI=1S/C25H29NOSi/c1-24(2,3)20-15-14-19-16-17-25(26,23(19)18-20)27-28(21-10-6-4-7-11-21)22-12-8-5-9-13-22/h4-15,18,28H,16-17,26H2,1-3H3. The summed E-state index contributed by atoms with van der Waals surface area (Å²) in [4.78, 5) is 0. The van der Waals surface area contributed by atoms with Gasteiger partial charge in [-0.2, -0.15) is 0 Å². The van der Waals surface area contributed by atoms with Crippen LogP contribution in [-0.2, 0) is 22.0 Å². The SMILES string of the molecule is CC(C)(C)c1ccc2c(c1)C(N)(O[SiH](c1ccccc1)c1ccccc1)CC2. The van der Waals surface area contributed by atoms with Crippen molar-refractivity contribution >= 4 is 19.4 Å². The minimum absolute atomic E-state index is 0.0915. The van der Waals surface area contributed by atoms with Crippen molar-refractivity contribution in [3.8, 4) is 0 Å². The van der Waals surface area contributed by atoms with Crippen molar-refractivity contribution in [2.75, 3.05) is 0 Å². The van der Waals surface area contributed by atoms with Crippen LogP contribution < -0.4 is 16.1 Å². The van der Waals surface area contributed by atoms with Crippen LogP contribution in [0.15, 0.2) is 78.9 Å². The van der Waals surface area contributed by atoms with Gasteiger partial charge in [0.05, 0.1) is 0 Å². The largest absolute Gasteiger partial charge is 0.390 e. The molecule has 28 heavy (non-hydrogen) atoms. The van der Waals surface area contributed by atoms with Gasteiger partial charge >= 0.3 is 0 Å². The summed E-state index contributed by atoms with van der Waals surface area (Å²) in [5, 5.41) is 2.53. The molecule has 0 heterocycles. The van der Waals surface area contributed by atoms with Gasteiger partial charge in [-0.25, -0.2) is 0 Å². The van der Waals surface area contributed by atoms with E-state index >= 15 is 0 Å². The van der Waals surface area contributed by atoms with Crippen molar-refractivity contribution in [1.82, 2.24) is 0 Å². The third-order valence-corrected chi connectivity index (χ3v) is 8.37. The lowest BCUT2D eigenvalue weighted by Crippen LogP contribution is -2.53. The molecule has 3 aromatic rings. The molecule has 1 aliphatic rings. The van der Waals surface area contributed by atoms with Gasteiger partial charge in [0.15, 0.2) is 0 Å². The molecule has 0 bridgehead atoms. The third kappa shape index (κ3) is 3.70. The second-order valence-electron chi connectivity index (χ2n) is 8.83. The molecule has 1 aliphatic carbocycles. The van der Waals surface area contributed by atoms with Crippen LogP contribution >= 0.6 is 0 Å². The van der Waals surface area contributed by atoms with Gasteiger partial charge in [0.25, 0.3) is 0 Å². The summed E-state index contributed by atoms with van der Waals surface area (Å²) in [7, 11) is -1.91. The van der Waals surface area contributed by atoms with Gasteiger partial charge in [0.1, 0.15) is 5.72 Å². The highest BCUT2D eigenvalue weighted by molar-refractivity contribution is 6.80. The van der Waals surface area contributed by atoms with Crippen LogP contribution in [-0.4, -0.2) is 9.04 Å². The van der Waals surface area contributed by atoms with E-state index in [0.29, 0.717) is 0 Å². The van der Waals surface area contributed by atoms with E-state index in [4.69, 9.17) is 10.2 Å². The molecule has 0 saturated carbocycles. The summed E-state index contributed by atoms with van der Waals surface area (Å²) in [6, 6.07) is 27.9. The third-order valence-electron chi connectivity index (χ3n) is 5.73. The van der Waals surface area contributed by atoms with Gasteiger partial charge in [0.2, 0.25) is 9.04 Å². The Morgan fingerprint density at radius 3 is 1.96 bits per heavy atom. The molecule has 1 atom stereocenters. The number of hydrogen-bond donors (Lipinski definition) is 1. The van der Waals surface area contributed by atoms with E-state index in [0.717, 1.165) is 12.8 Å². The van der Waals surface area contributed by atoms with Crippen molar-refractivity contribution in [3.63, 3.8) is 0 Å². The molecule has 2 nitrogen and oxygen atoms in total. The van der Waals surface area contributed by atoms with E-state index in [1.54, 1.807) is 0 Å². The smallest absolute Gasteiger partial charge is 0.242 e. The average Bonchev–Trinajstić information content (AvgIpc) is 3.03. The maximum Gasteiger partial charge on any atom is 0.242 e. The summed E-state index contributed by atoms with van der Waals surface area (Å²) >= 11 is 0. The molecule has 1 unspecified atom stereocenters. The highest BCUT2D eigenvalue weighted by Gasteiger charge is 2.39. The van der Waals surface area contributed by atoms with Crippen LogP contribution in [0.2, 0.25) is 0 Å². The first-order valence-electron chi connectivity index (χ1n) is 10.1. The topological polar surface area (TPSA) is 35.2 Å². The molecular formula is C25H29NOSi. The van der Waals surface area contributed by atoms with Crippen LogP contribution in [0.3, 0.4) is 0 Å². The molecule has 144 valence electrons. The van der Waals surface area contributed by atoms with Gasteiger partial charge < -0.3 is 10.2 Å². The fraction of sp³-hybridized carbons (Fsp3) is 0.280. The minimum Gasteiger partial charge on any atom is -0.390 e. The summed E-state index contributed by atoms with van der Waals surface area (Å²) in [5.74, 6) is 0. The van der Waals surface area contributed by atoms with E-state index in [2.05, 4.69) is 99.6 Å². The molecule has 0 aromatic heterocycles. The van der Waals surface area contributed by atoms with Crippen molar-refractivity contribution in [2.24, 2.45) is 5.73 Å². The predicted octanol–water partition coefficient (Wildman–Crippen LogP) is 3.60. The lowest BCUT2D eigenvalue weighted by molar-refractivity contribution is 0.0784. The monoisotopic (exact) mass is 387 g/mol. The van der Waals surface area contributed by atoms with E-state index in [-0.39, 0.29) is 5.41 Å². The van der Waals surface area contributed by atoms with Crippen LogP contribution in [0.25, 0.3) is 0 Å². The second kappa shape index (κ2) is 7.32. The molecule has 3 aromatic carbocycles. The van der Waals surface area contributed by atoms with Gasteiger partial charge in [0, 0.05) is 5.56 Å². The van der Waals surface area contributed by atoms with Crippen molar-refractivity contribution in [1.29, 1.82) is 0 Å². The van der Waals surface area contributed by atoms with Gasteiger partial charge in [-0.05, 0) is 39.8 Å². The molecular weight excluding hydrogens is 358 g/mol. The quantitative estimate of drug-likeness (QED) is 0.548. The first-order valence-corrected chi connectivity index (χ1v) is 11.7. The van der Waals surface area contributed by atoms with Crippen molar-refractivity contribution in [2.45, 2.75) is 44.8 Å². The van der Waals surface area contributed by atoms with E-state index in [1.807, 2.05) is 0 Å². The van der Waals surface area contributed by atoms with Gasteiger partial charge in [-0.15, -0.1) is 0 Å². The summed E-state index contributed by atoms with van der Waals surface area (Å²) in [6.45, 7) is 6.73. The molecule has 0 fully saturated rings. The maximum atomic E-state index is 6.97. The number of benzene rings is 3. The van der Waals surface area contributed by atoms with Gasteiger partial charge in [-0.1, -0.05) is 99.6 Å². The Morgan fingerprint density at radius 2 is 1.43 bits per heavy atom. The maximum absolute atomic E-state index is 6.97. The molecule has 0 radical (unpaired) electrons. The molecule has 2 N–H and O–H groups in total. The second-order valence-corrected chi connectivity index (χ2v) is 11.2. The minimum atomic E-state index is -1.91. The molecule has 3 heteroatoms. The highest BCUT2D eigenvalue weighted by Crippen LogP contribution is 2.38. The number of nitrogens with two attached hydrogens (primary N) is 1. The van der Waals surface area contributed by atoms with Crippen molar-refractivity contribution in [3.05, 3.63) is 95.6 Å². The Bertz CT molecular complexity index is 910. The Morgan fingerprint density at radius 1 is 0.857 bits per heavy atom. The molecule has 0 saturated heterocycles. The Hall–Kier alpha value is -2.20. The zero-order valence-corrected chi connectivity index (χ0v) is 18.1. The first-order chi connectivity index (χ1) is 13.4. The Labute approximate surface area is 170 Å². The lowest BCUT2D eigenvalue weighted by atomic mass is 9.85. The highest BCUT2D eigenvalue weighted by atomic mass is 28.3. The molecule has 0 aliphatic heterocycles. The van der Waals surface area contributed by atoms with Crippen LogP contribution in [0.1, 0.15) is 43.9 Å². The van der Waals surface area contributed by atoms with Crippen LogP contribution in [0.4, 0.5) is 0 Å². The Kier molecular flexibility index (Phi) is 5.00. The van der Waals surface area contributed by atoms with Crippen molar-refractivity contribution < 1.29 is 4.43 Å². The fourth-order valence-corrected chi connectivity index (χ4v) is 6.49. The zero-order valence-electron chi connectivity index (χ0n) is 17.0. The fourth-order valence-electron chi connectivity index (χ4n) is 4.03. The Balaban J connectivity index is 1.75. The van der Waals surface area contributed by atoms with E-state index < -0.39 is 14.8 Å². The average molecular weight is 388 g/mol. The van der Waals surface area contributed by atoms with E-state index in [9.17, 15) is 0 Å². The zero-order chi connectivity index (χ0) is 19.8. The van der Waals surface area contributed by atoms with Gasteiger partial charge in [-0.3, -0.25) is 0 Å². The number of hydrogen-bond acceptors (Lipinski definition) is 2. The lowest BCUT2D eigenvalue weighted by Gasteiger charge is -2.32. The first kappa shape index (κ1) is 19.1.